The number of ether oxygens (including phenoxy) is 2. The minimum Gasteiger partial charge on any atom is -0.493 e. The molecule has 1 unspecified atom stereocenters. The summed E-state index contributed by atoms with van der Waals surface area (Å²) in [5, 5.41) is 8.91. The topological polar surface area (TPSA) is 68.7 Å². The minimum atomic E-state index is -0.939. The molecule has 0 radical (unpaired) electrons. The molecular weight excluding hydrogens is 313 g/mol. The number of nitrogens with zero attached hydrogens (tertiary/aromatic N) is 1. The fraction of sp³-hybridized carbons (Fsp3) is 0.333. The predicted molar refractivity (Wildman–Crippen MR) is 85.4 cm³/mol. The average Bonchev–Trinajstić information content (AvgIpc) is 3.07. The smallest absolute Gasteiger partial charge is 0.307 e. The first-order valence-corrected chi connectivity index (χ1v) is 7.78. The van der Waals surface area contributed by atoms with Gasteiger partial charge in [0.2, 0.25) is 0 Å². The zero-order chi connectivity index (χ0) is 16.9. The summed E-state index contributed by atoms with van der Waals surface area (Å²) in [5.41, 5.74) is 1.75. The van der Waals surface area contributed by atoms with Gasteiger partial charge in [-0.1, -0.05) is 0 Å². The van der Waals surface area contributed by atoms with E-state index in [1.165, 1.54) is 18.3 Å². The van der Waals surface area contributed by atoms with Crippen LogP contribution in [0.2, 0.25) is 0 Å². The first-order valence-electron chi connectivity index (χ1n) is 7.78. The van der Waals surface area contributed by atoms with Crippen molar-refractivity contribution < 1.29 is 23.8 Å². The van der Waals surface area contributed by atoms with Gasteiger partial charge in [-0.2, -0.15) is 0 Å². The summed E-state index contributed by atoms with van der Waals surface area (Å²) in [6, 6.07) is 6.01. The van der Waals surface area contributed by atoms with Crippen LogP contribution >= 0.6 is 0 Å². The number of aromatic nitrogens is 1. The molecule has 0 bridgehead atoms. The lowest BCUT2D eigenvalue weighted by Crippen LogP contribution is -2.12. The molecule has 0 saturated carbocycles. The van der Waals surface area contributed by atoms with Gasteiger partial charge in [-0.15, -0.1) is 0 Å². The molecule has 126 valence electrons. The van der Waals surface area contributed by atoms with E-state index in [-0.39, 0.29) is 12.2 Å². The van der Waals surface area contributed by atoms with Crippen LogP contribution in [-0.4, -0.2) is 35.9 Å². The van der Waals surface area contributed by atoms with Gasteiger partial charge >= 0.3 is 5.97 Å². The van der Waals surface area contributed by atoms with Crippen molar-refractivity contribution in [1.82, 2.24) is 4.98 Å². The number of pyridine rings is 1. The molecule has 2 aromatic rings. The molecule has 3 rings (SSSR count). The Bertz CT molecular complexity index is 729. The van der Waals surface area contributed by atoms with E-state index in [0.29, 0.717) is 41.6 Å². The Balaban J connectivity index is 1.85. The van der Waals surface area contributed by atoms with Crippen LogP contribution in [0.4, 0.5) is 4.39 Å². The van der Waals surface area contributed by atoms with Crippen molar-refractivity contribution in [3.05, 3.63) is 48.0 Å². The third kappa shape index (κ3) is 4.08. The van der Waals surface area contributed by atoms with E-state index in [1.807, 2.05) is 0 Å². The monoisotopic (exact) mass is 331 g/mol. The Morgan fingerprint density at radius 3 is 3.00 bits per heavy atom. The number of halogens is 1. The Hall–Kier alpha value is -2.47. The Kier molecular flexibility index (Phi) is 5.05. The summed E-state index contributed by atoms with van der Waals surface area (Å²) in [5.74, 6) is -0.437. The van der Waals surface area contributed by atoms with E-state index in [0.717, 1.165) is 13.0 Å². The first-order chi connectivity index (χ1) is 11.6. The van der Waals surface area contributed by atoms with Crippen molar-refractivity contribution in [3.63, 3.8) is 0 Å². The minimum absolute atomic E-state index is 0.133. The number of carbonyl (C=O) groups is 1. The molecule has 1 aromatic carbocycles. The van der Waals surface area contributed by atoms with Crippen molar-refractivity contribution in [2.75, 3.05) is 19.8 Å². The van der Waals surface area contributed by atoms with Crippen LogP contribution < -0.4 is 4.74 Å². The molecule has 0 aliphatic carbocycles. The van der Waals surface area contributed by atoms with Gasteiger partial charge in [-0.05, 0) is 36.2 Å². The number of carboxylic acid groups (broad SMARTS) is 1. The van der Waals surface area contributed by atoms with Gasteiger partial charge < -0.3 is 14.6 Å². The zero-order valence-corrected chi connectivity index (χ0v) is 13.1. The summed E-state index contributed by atoms with van der Waals surface area (Å²) in [6.07, 6.45) is 3.89. The van der Waals surface area contributed by atoms with Gasteiger partial charge in [-0.25, -0.2) is 4.39 Å². The Morgan fingerprint density at radius 1 is 1.38 bits per heavy atom. The molecule has 1 saturated heterocycles. The third-order valence-corrected chi connectivity index (χ3v) is 3.90. The fourth-order valence-corrected chi connectivity index (χ4v) is 2.68. The number of aliphatic carboxylic acids is 1. The van der Waals surface area contributed by atoms with Gasteiger partial charge in [-0.3, -0.25) is 9.78 Å². The summed E-state index contributed by atoms with van der Waals surface area (Å²) in [4.78, 5) is 14.9. The molecule has 1 fully saturated rings. The number of hydrogen-bond acceptors (Lipinski definition) is 4. The molecule has 1 atom stereocenters. The highest BCUT2D eigenvalue weighted by Crippen LogP contribution is 2.31. The maximum Gasteiger partial charge on any atom is 0.307 e. The van der Waals surface area contributed by atoms with Crippen molar-refractivity contribution >= 4 is 5.97 Å². The second-order valence-corrected chi connectivity index (χ2v) is 5.83. The van der Waals surface area contributed by atoms with E-state index in [1.54, 1.807) is 18.3 Å². The standard InChI is InChI=1S/C18H18FNO4/c19-15-1-2-17(24-11-12-3-4-23-10-12)16(7-15)14-5-13(6-18(21)22)8-20-9-14/h1-2,5,7-9,12H,3-4,6,10-11H2,(H,21,22). The molecule has 6 heteroatoms. The highest BCUT2D eigenvalue weighted by molar-refractivity contribution is 5.73. The lowest BCUT2D eigenvalue weighted by atomic mass is 10.0. The van der Waals surface area contributed by atoms with Gasteiger partial charge in [0.1, 0.15) is 11.6 Å². The van der Waals surface area contributed by atoms with E-state index in [4.69, 9.17) is 14.6 Å². The highest BCUT2D eigenvalue weighted by atomic mass is 19.1. The van der Waals surface area contributed by atoms with Gasteiger partial charge in [0.15, 0.2) is 0 Å². The van der Waals surface area contributed by atoms with E-state index >= 15 is 0 Å². The fourth-order valence-electron chi connectivity index (χ4n) is 2.68. The lowest BCUT2D eigenvalue weighted by molar-refractivity contribution is -0.136. The number of hydrogen-bond donors (Lipinski definition) is 1. The quantitative estimate of drug-likeness (QED) is 0.881. The maximum atomic E-state index is 13.7. The summed E-state index contributed by atoms with van der Waals surface area (Å²) < 4.78 is 24.9. The second-order valence-electron chi connectivity index (χ2n) is 5.83. The molecule has 0 amide bonds. The predicted octanol–water partition coefficient (Wildman–Crippen LogP) is 2.93. The normalized spacial score (nSPS) is 17.0. The van der Waals surface area contributed by atoms with Crippen LogP contribution in [-0.2, 0) is 16.0 Å². The largest absolute Gasteiger partial charge is 0.493 e. The molecule has 0 spiro atoms. The summed E-state index contributed by atoms with van der Waals surface area (Å²) >= 11 is 0. The number of benzene rings is 1. The molecular formula is C18H18FNO4. The SMILES string of the molecule is O=C(O)Cc1cncc(-c2cc(F)ccc2OCC2CCOC2)c1. The van der Waals surface area contributed by atoms with Gasteiger partial charge in [0.25, 0.3) is 0 Å². The molecule has 2 heterocycles. The van der Waals surface area contributed by atoms with Crippen LogP contribution in [0.15, 0.2) is 36.7 Å². The molecule has 1 aliphatic heterocycles. The van der Waals surface area contributed by atoms with Crippen molar-refractivity contribution in [1.29, 1.82) is 0 Å². The van der Waals surface area contributed by atoms with Crippen molar-refractivity contribution in [2.24, 2.45) is 5.92 Å². The molecule has 5 nitrogen and oxygen atoms in total. The van der Waals surface area contributed by atoms with Gasteiger partial charge in [0.05, 0.1) is 19.6 Å². The van der Waals surface area contributed by atoms with E-state index < -0.39 is 5.97 Å². The highest BCUT2D eigenvalue weighted by Gasteiger charge is 2.18. The Morgan fingerprint density at radius 2 is 2.25 bits per heavy atom. The van der Waals surface area contributed by atoms with Crippen LogP contribution in [0.25, 0.3) is 11.1 Å². The third-order valence-electron chi connectivity index (χ3n) is 3.90. The van der Waals surface area contributed by atoms with Crippen molar-refractivity contribution in [2.45, 2.75) is 12.8 Å². The molecule has 24 heavy (non-hydrogen) atoms. The van der Waals surface area contributed by atoms with Crippen LogP contribution in [0.1, 0.15) is 12.0 Å². The summed E-state index contributed by atoms with van der Waals surface area (Å²) in [7, 11) is 0. The average molecular weight is 331 g/mol. The van der Waals surface area contributed by atoms with E-state index in [2.05, 4.69) is 4.98 Å². The second kappa shape index (κ2) is 7.40. The number of carboxylic acids is 1. The summed E-state index contributed by atoms with van der Waals surface area (Å²) in [6.45, 7) is 1.92. The first kappa shape index (κ1) is 16.4. The molecule has 1 aromatic heterocycles. The molecule has 1 aliphatic rings. The van der Waals surface area contributed by atoms with Crippen molar-refractivity contribution in [3.8, 4) is 16.9 Å². The Labute approximate surface area is 139 Å². The molecule has 1 N–H and O–H groups in total. The van der Waals surface area contributed by atoms with Crippen LogP contribution in [0.3, 0.4) is 0 Å². The number of rotatable bonds is 6. The maximum absolute atomic E-state index is 13.7. The van der Waals surface area contributed by atoms with Crippen LogP contribution in [0.5, 0.6) is 5.75 Å². The van der Waals surface area contributed by atoms with Gasteiger partial charge in [0, 0.05) is 36.0 Å². The van der Waals surface area contributed by atoms with Crippen LogP contribution in [0, 0.1) is 11.7 Å². The zero-order valence-electron chi connectivity index (χ0n) is 13.1. The van der Waals surface area contributed by atoms with E-state index in [9.17, 15) is 9.18 Å². The lowest BCUT2D eigenvalue weighted by Gasteiger charge is -2.14.